The van der Waals surface area contributed by atoms with Gasteiger partial charge in [-0.1, -0.05) is 52.9 Å². The maximum atomic E-state index is 14.5. The van der Waals surface area contributed by atoms with Crippen LogP contribution in [0.2, 0.25) is 5.02 Å². The molecule has 1 unspecified atom stereocenters. The Bertz CT molecular complexity index is 1230. The molecule has 38 heavy (non-hydrogen) atoms. The highest BCUT2D eigenvalue weighted by Crippen LogP contribution is 2.26. The van der Waals surface area contributed by atoms with Crippen LogP contribution in [0.3, 0.4) is 0 Å². The van der Waals surface area contributed by atoms with Gasteiger partial charge < -0.3 is 15.5 Å². The second kappa shape index (κ2) is 14.3. The number of anilines is 1. The van der Waals surface area contributed by atoms with Gasteiger partial charge in [0.25, 0.3) is 0 Å². The Balaban J connectivity index is 0.00000400. The zero-order chi connectivity index (χ0) is 26.4. The molecule has 0 amide bonds. The monoisotopic (exact) mass is 693 g/mol. The van der Waals surface area contributed by atoms with Gasteiger partial charge in [0.2, 0.25) is 10.0 Å². The van der Waals surface area contributed by atoms with Crippen LogP contribution in [0, 0.1) is 11.7 Å². The number of rotatable bonds is 8. The number of guanidine groups is 1. The van der Waals surface area contributed by atoms with E-state index in [4.69, 9.17) is 16.6 Å². The summed E-state index contributed by atoms with van der Waals surface area (Å²) in [7, 11) is -2.53. The molecule has 1 atom stereocenters. The molecule has 2 fully saturated rings. The Labute approximate surface area is 249 Å². The van der Waals surface area contributed by atoms with E-state index in [0.29, 0.717) is 17.4 Å². The van der Waals surface area contributed by atoms with Crippen molar-refractivity contribution in [3.05, 3.63) is 57.3 Å². The van der Waals surface area contributed by atoms with Crippen molar-refractivity contribution in [2.75, 3.05) is 31.6 Å². The molecule has 1 saturated carbocycles. The lowest BCUT2D eigenvalue weighted by Gasteiger charge is -2.25. The van der Waals surface area contributed by atoms with E-state index in [9.17, 15) is 12.8 Å². The number of halogens is 4. The summed E-state index contributed by atoms with van der Waals surface area (Å²) in [5.74, 6) is 0.436. The van der Waals surface area contributed by atoms with E-state index in [1.54, 1.807) is 0 Å². The molecule has 1 heterocycles. The minimum atomic E-state index is -3.81. The average molecular weight is 696 g/mol. The summed E-state index contributed by atoms with van der Waals surface area (Å²) in [4.78, 5) is 6.87. The third-order valence-corrected chi connectivity index (χ3v) is 9.36. The fourth-order valence-electron chi connectivity index (χ4n) is 4.93. The molecule has 12 heteroatoms. The second-order valence-corrected chi connectivity index (χ2v) is 12.9. The third kappa shape index (κ3) is 8.30. The van der Waals surface area contributed by atoms with Gasteiger partial charge in [0, 0.05) is 35.8 Å². The number of benzene rings is 2. The van der Waals surface area contributed by atoms with Crippen molar-refractivity contribution < 1.29 is 12.8 Å². The maximum absolute atomic E-state index is 14.5. The minimum Gasteiger partial charge on any atom is -0.369 e. The summed E-state index contributed by atoms with van der Waals surface area (Å²) in [6, 6.07) is 10.7. The topological polar surface area (TPSA) is 85.8 Å². The highest BCUT2D eigenvalue weighted by atomic mass is 79.9. The van der Waals surface area contributed by atoms with E-state index in [-0.39, 0.29) is 39.5 Å². The van der Waals surface area contributed by atoms with Crippen molar-refractivity contribution >= 4 is 66.2 Å². The molecule has 210 valence electrons. The lowest BCUT2D eigenvalue weighted by molar-refractivity contribution is 0.355. The first-order valence-corrected chi connectivity index (χ1v) is 15.4. The summed E-state index contributed by atoms with van der Waals surface area (Å²) in [6.45, 7) is 2.60. The molecule has 0 radical (unpaired) electrons. The standard InChI is InChI=1S/C26H34BrClFN5O2S.BrH/c1-30-37(35,36)23-12-19(25(28)24(29)14-23)16-32-26(31-15-18-6-3-2-4-7-18)33-21-10-11-34(17-21)22-9-5-8-20(27)13-22;/h5,8-9,12-14,18,21,30H,2-4,6-7,10-11,15-17H2,1H3,(H2,31,32,33);1H. The number of hydrogen-bond acceptors (Lipinski definition) is 4. The molecule has 1 aliphatic heterocycles. The highest BCUT2D eigenvalue weighted by molar-refractivity contribution is 9.10. The van der Waals surface area contributed by atoms with E-state index in [1.165, 1.54) is 45.2 Å². The van der Waals surface area contributed by atoms with Gasteiger partial charge in [-0.2, -0.15) is 0 Å². The van der Waals surface area contributed by atoms with E-state index < -0.39 is 15.8 Å². The molecule has 1 saturated heterocycles. The van der Waals surface area contributed by atoms with Gasteiger partial charge in [-0.15, -0.1) is 17.0 Å². The smallest absolute Gasteiger partial charge is 0.240 e. The number of nitrogens with one attached hydrogen (secondary N) is 3. The fourth-order valence-corrected chi connectivity index (χ4v) is 6.28. The van der Waals surface area contributed by atoms with Gasteiger partial charge in [0.05, 0.1) is 16.5 Å². The fraction of sp³-hybridized carbons (Fsp3) is 0.500. The van der Waals surface area contributed by atoms with Crippen LogP contribution in [0.5, 0.6) is 0 Å². The van der Waals surface area contributed by atoms with Gasteiger partial charge in [-0.05, 0) is 68.1 Å². The molecule has 0 spiro atoms. The van der Waals surface area contributed by atoms with Gasteiger partial charge in [0.1, 0.15) is 5.82 Å². The first kappa shape index (κ1) is 31.1. The second-order valence-electron chi connectivity index (χ2n) is 9.69. The van der Waals surface area contributed by atoms with E-state index in [2.05, 4.69) is 48.3 Å². The first-order chi connectivity index (χ1) is 17.7. The SMILES string of the molecule is Br.CNS(=O)(=O)c1cc(F)c(Cl)c(CN=C(NCC2CCCCC2)NC2CCN(c3cccc(Br)c3)C2)c1. The molecule has 0 bridgehead atoms. The van der Waals surface area contributed by atoms with Gasteiger partial charge in [0.15, 0.2) is 5.96 Å². The van der Waals surface area contributed by atoms with Crippen LogP contribution in [0.4, 0.5) is 10.1 Å². The minimum absolute atomic E-state index is 0. The molecule has 7 nitrogen and oxygen atoms in total. The van der Waals surface area contributed by atoms with Crippen LogP contribution in [0.15, 0.2) is 50.8 Å². The van der Waals surface area contributed by atoms with Crippen molar-refractivity contribution in [1.82, 2.24) is 15.4 Å². The normalized spacial score (nSPS) is 18.8. The van der Waals surface area contributed by atoms with Crippen molar-refractivity contribution in [3.8, 4) is 0 Å². The summed E-state index contributed by atoms with van der Waals surface area (Å²) in [5.41, 5.74) is 1.48. The van der Waals surface area contributed by atoms with Gasteiger partial charge in [-0.25, -0.2) is 22.5 Å². The van der Waals surface area contributed by atoms with E-state index in [0.717, 1.165) is 42.3 Å². The molecular formula is C26H35Br2ClFN5O2S. The predicted molar refractivity (Wildman–Crippen MR) is 162 cm³/mol. The number of nitrogens with zero attached hydrogens (tertiary/aromatic N) is 2. The Hall–Kier alpha value is -1.40. The quantitative estimate of drug-likeness (QED) is 0.247. The van der Waals surface area contributed by atoms with Crippen molar-refractivity contribution in [1.29, 1.82) is 0 Å². The van der Waals surface area contributed by atoms with Gasteiger partial charge in [-0.3, -0.25) is 0 Å². The highest BCUT2D eigenvalue weighted by Gasteiger charge is 2.24. The number of aliphatic imine (C=N–C) groups is 1. The Morgan fingerprint density at radius 1 is 1.18 bits per heavy atom. The van der Waals surface area contributed by atoms with Crippen LogP contribution < -0.4 is 20.3 Å². The average Bonchev–Trinajstić information content (AvgIpc) is 3.37. The lowest BCUT2D eigenvalue weighted by atomic mass is 9.89. The molecule has 0 aromatic heterocycles. The molecule has 2 aromatic rings. The van der Waals surface area contributed by atoms with E-state index >= 15 is 0 Å². The Morgan fingerprint density at radius 3 is 2.66 bits per heavy atom. The summed E-state index contributed by atoms with van der Waals surface area (Å²) in [6.07, 6.45) is 7.12. The van der Waals surface area contributed by atoms with Crippen LogP contribution in [0.1, 0.15) is 44.1 Å². The van der Waals surface area contributed by atoms with Crippen molar-refractivity contribution in [2.45, 2.75) is 56.0 Å². The molecule has 2 aliphatic rings. The predicted octanol–water partition coefficient (Wildman–Crippen LogP) is 5.62. The van der Waals surface area contributed by atoms with Crippen LogP contribution in [-0.2, 0) is 16.6 Å². The van der Waals surface area contributed by atoms with Gasteiger partial charge >= 0.3 is 0 Å². The third-order valence-electron chi connectivity index (χ3n) is 7.05. The summed E-state index contributed by atoms with van der Waals surface area (Å²) in [5, 5.41) is 6.92. The largest absolute Gasteiger partial charge is 0.369 e. The molecule has 1 aliphatic carbocycles. The Morgan fingerprint density at radius 2 is 1.95 bits per heavy atom. The number of sulfonamides is 1. The first-order valence-electron chi connectivity index (χ1n) is 12.7. The summed E-state index contributed by atoms with van der Waals surface area (Å²) < 4.78 is 42.2. The molecular weight excluding hydrogens is 661 g/mol. The molecule has 2 aromatic carbocycles. The molecule has 4 rings (SSSR count). The maximum Gasteiger partial charge on any atom is 0.240 e. The lowest BCUT2D eigenvalue weighted by Crippen LogP contribution is -2.46. The van der Waals surface area contributed by atoms with E-state index in [1.807, 2.05) is 12.1 Å². The molecule has 3 N–H and O–H groups in total. The van der Waals surface area contributed by atoms with Crippen LogP contribution >= 0.6 is 44.5 Å². The summed E-state index contributed by atoms with van der Waals surface area (Å²) >= 11 is 9.75. The van der Waals surface area contributed by atoms with Crippen LogP contribution in [0.25, 0.3) is 0 Å². The van der Waals surface area contributed by atoms with Crippen molar-refractivity contribution in [3.63, 3.8) is 0 Å². The van der Waals surface area contributed by atoms with Crippen LogP contribution in [-0.4, -0.2) is 47.1 Å². The zero-order valence-electron chi connectivity index (χ0n) is 21.4. The number of hydrogen-bond donors (Lipinski definition) is 3. The van der Waals surface area contributed by atoms with Crippen molar-refractivity contribution in [2.24, 2.45) is 10.9 Å². The zero-order valence-corrected chi connectivity index (χ0v) is 26.2. The Kier molecular flexibility index (Phi) is 11.7.